The van der Waals surface area contributed by atoms with E-state index in [9.17, 15) is 0 Å². The Balaban J connectivity index is 2.19. The van der Waals surface area contributed by atoms with E-state index in [1.807, 2.05) is 30.3 Å². The standard InChI is InChI=1S/C16H19BrN2O/c1-3-14-9-12(11-18-4-2)10-16(19-14)20-15-7-5-13(17)6-8-15/h5-10,18H,3-4,11H2,1-2H3. The van der Waals surface area contributed by atoms with Gasteiger partial charge in [0.2, 0.25) is 5.88 Å². The van der Waals surface area contributed by atoms with Crippen LogP contribution in [0, 0.1) is 0 Å². The molecule has 0 bridgehead atoms. The molecule has 0 aliphatic rings. The van der Waals surface area contributed by atoms with Crippen LogP contribution in [0.15, 0.2) is 40.9 Å². The predicted molar refractivity (Wildman–Crippen MR) is 85.2 cm³/mol. The topological polar surface area (TPSA) is 34.2 Å². The minimum absolute atomic E-state index is 0.652. The summed E-state index contributed by atoms with van der Waals surface area (Å²) in [5.74, 6) is 1.45. The van der Waals surface area contributed by atoms with E-state index < -0.39 is 0 Å². The number of aromatic nitrogens is 1. The van der Waals surface area contributed by atoms with Crippen LogP contribution in [0.3, 0.4) is 0 Å². The molecule has 1 heterocycles. The summed E-state index contributed by atoms with van der Waals surface area (Å²) in [5.41, 5.74) is 2.25. The van der Waals surface area contributed by atoms with Gasteiger partial charge in [-0.1, -0.05) is 29.8 Å². The van der Waals surface area contributed by atoms with Gasteiger partial charge in [0.15, 0.2) is 0 Å². The molecule has 20 heavy (non-hydrogen) atoms. The first-order valence-corrected chi connectivity index (χ1v) is 7.64. The molecular formula is C16H19BrN2O. The first-order chi connectivity index (χ1) is 9.71. The second-order valence-corrected chi connectivity index (χ2v) is 5.41. The van der Waals surface area contributed by atoms with Gasteiger partial charge in [0.1, 0.15) is 5.75 Å². The number of aryl methyl sites for hydroxylation is 1. The normalized spacial score (nSPS) is 10.6. The van der Waals surface area contributed by atoms with Gasteiger partial charge in [-0.05, 0) is 48.9 Å². The smallest absolute Gasteiger partial charge is 0.219 e. The molecule has 0 aliphatic heterocycles. The summed E-state index contributed by atoms with van der Waals surface area (Å²) in [6.07, 6.45) is 0.899. The van der Waals surface area contributed by atoms with Crippen molar-refractivity contribution in [2.75, 3.05) is 6.54 Å². The van der Waals surface area contributed by atoms with Crippen LogP contribution < -0.4 is 10.1 Å². The van der Waals surface area contributed by atoms with Crippen LogP contribution >= 0.6 is 15.9 Å². The molecule has 0 aliphatic carbocycles. The van der Waals surface area contributed by atoms with Gasteiger partial charge in [-0.2, -0.15) is 0 Å². The number of nitrogens with one attached hydrogen (secondary N) is 1. The molecule has 0 saturated carbocycles. The molecule has 1 aromatic heterocycles. The van der Waals surface area contributed by atoms with Crippen molar-refractivity contribution in [3.8, 4) is 11.6 Å². The minimum atomic E-state index is 0.652. The Morgan fingerprint density at radius 2 is 1.90 bits per heavy atom. The monoisotopic (exact) mass is 334 g/mol. The van der Waals surface area contributed by atoms with Crippen molar-refractivity contribution in [3.05, 3.63) is 52.1 Å². The quantitative estimate of drug-likeness (QED) is 0.854. The van der Waals surface area contributed by atoms with E-state index in [1.54, 1.807) is 0 Å². The Hall–Kier alpha value is -1.39. The second kappa shape index (κ2) is 7.41. The Morgan fingerprint density at radius 3 is 2.55 bits per heavy atom. The molecule has 0 radical (unpaired) electrons. The van der Waals surface area contributed by atoms with Gasteiger partial charge in [-0.3, -0.25) is 0 Å². The van der Waals surface area contributed by atoms with E-state index in [0.717, 1.165) is 35.4 Å². The van der Waals surface area contributed by atoms with Crippen LogP contribution in [0.2, 0.25) is 0 Å². The summed E-state index contributed by atoms with van der Waals surface area (Å²) >= 11 is 3.41. The van der Waals surface area contributed by atoms with Crippen LogP contribution in [-0.4, -0.2) is 11.5 Å². The first-order valence-electron chi connectivity index (χ1n) is 6.85. The van der Waals surface area contributed by atoms with Gasteiger partial charge in [0, 0.05) is 22.8 Å². The van der Waals surface area contributed by atoms with Crippen molar-refractivity contribution in [3.63, 3.8) is 0 Å². The summed E-state index contributed by atoms with van der Waals surface area (Å²) in [6, 6.07) is 11.9. The lowest BCUT2D eigenvalue weighted by atomic mass is 10.2. The fourth-order valence-corrected chi connectivity index (χ4v) is 2.11. The molecule has 0 amide bonds. The Bertz CT molecular complexity index is 555. The van der Waals surface area contributed by atoms with Crippen LogP contribution in [0.4, 0.5) is 0 Å². The molecule has 0 unspecified atom stereocenters. The number of benzene rings is 1. The maximum absolute atomic E-state index is 5.84. The third-order valence-corrected chi connectivity index (χ3v) is 3.42. The fraction of sp³-hybridized carbons (Fsp3) is 0.312. The number of rotatable bonds is 6. The zero-order valence-corrected chi connectivity index (χ0v) is 13.4. The molecule has 3 nitrogen and oxygen atoms in total. The molecule has 2 rings (SSSR count). The average molecular weight is 335 g/mol. The Kier molecular flexibility index (Phi) is 5.56. The third kappa shape index (κ3) is 4.32. The van der Waals surface area contributed by atoms with Crippen molar-refractivity contribution in [1.82, 2.24) is 10.3 Å². The fourth-order valence-electron chi connectivity index (χ4n) is 1.85. The van der Waals surface area contributed by atoms with Crippen molar-refractivity contribution >= 4 is 15.9 Å². The summed E-state index contributed by atoms with van der Waals surface area (Å²) in [6.45, 7) is 5.99. The maximum atomic E-state index is 5.84. The summed E-state index contributed by atoms with van der Waals surface area (Å²) in [7, 11) is 0. The molecule has 106 valence electrons. The van der Waals surface area contributed by atoms with Crippen LogP contribution in [0.25, 0.3) is 0 Å². The van der Waals surface area contributed by atoms with Gasteiger partial charge in [-0.15, -0.1) is 0 Å². The summed E-state index contributed by atoms with van der Waals surface area (Å²) < 4.78 is 6.87. The van der Waals surface area contributed by atoms with E-state index in [2.05, 4.69) is 46.1 Å². The Labute approximate surface area is 128 Å². The van der Waals surface area contributed by atoms with Gasteiger partial charge < -0.3 is 10.1 Å². The Morgan fingerprint density at radius 1 is 1.15 bits per heavy atom. The van der Waals surface area contributed by atoms with Gasteiger partial charge in [0.25, 0.3) is 0 Å². The number of nitrogens with zero attached hydrogens (tertiary/aromatic N) is 1. The van der Waals surface area contributed by atoms with Crippen LogP contribution in [0.1, 0.15) is 25.1 Å². The molecule has 4 heteroatoms. The van der Waals surface area contributed by atoms with E-state index in [4.69, 9.17) is 4.74 Å². The lowest BCUT2D eigenvalue weighted by Gasteiger charge is -2.10. The zero-order valence-electron chi connectivity index (χ0n) is 11.8. The number of halogens is 1. The highest BCUT2D eigenvalue weighted by Gasteiger charge is 2.04. The SMILES string of the molecule is CCNCc1cc(CC)nc(Oc2ccc(Br)cc2)c1. The van der Waals surface area contributed by atoms with Crippen LogP contribution in [-0.2, 0) is 13.0 Å². The molecular weight excluding hydrogens is 316 g/mol. The molecule has 0 saturated heterocycles. The lowest BCUT2D eigenvalue weighted by molar-refractivity contribution is 0.459. The van der Waals surface area contributed by atoms with E-state index in [0.29, 0.717) is 5.88 Å². The molecule has 2 aromatic rings. The molecule has 0 atom stereocenters. The second-order valence-electron chi connectivity index (χ2n) is 4.49. The maximum Gasteiger partial charge on any atom is 0.219 e. The van der Waals surface area contributed by atoms with Crippen molar-refractivity contribution in [1.29, 1.82) is 0 Å². The first kappa shape index (κ1) is 15.0. The van der Waals surface area contributed by atoms with Crippen molar-refractivity contribution in [2.45, 2.75) is 26.8 Å². The van der Waals surface area contributed by atoms with Crippen LogP contribution in [0.5, 0.6) is 11.6 Å². The van der Waals surface area contributed by atoms with E-state index in [-0.39, 0.29) is 0 Å². The average Bonchev–Trinajstić information content (AvgIpc) is 2.47. The van der Waals surface area contributed by atoms with E-state index in [1.165, 1.54) is 5.56 Å². The highest BCUT2D eigenvalue weighted by atomic mass is 79.9. The highest BCUT2D eigenvalue weighted by Crippen LogP contribution is 2.23. The van der Waals surface area contributed by atoms with E-state index >= 15 is 0 Å². The minimum Gasteiger partial charge on any atom is -0.439 e. The van der Waals surface area contributed by atoms with Gasteiger partial charge in [-0.25, -0.2) is 4.98 Å². The summed E-state index contributed by atoms with van der Waals surface area (Å²) in [4.78, 5) is 4.52. The number of ether oxygens (including phenoxy) is 1. The van der Waals surface area contributed by atoms with Gasteiger partial charge >= 0.3 is 0 Å². The number of pyridine rings is 1. The number of hydrogen-bond donors (Lipinski definition) is 1. The van der Waals surface area contributed by atoms with Gasteiger partial charge in [0.05, 0.1) is 0 Å². The summed E-state index contributed by atoms with van der Waals surface area (Å²) in [5, 5.41) is 3.32. The zero-order chi connectivity index (χ0) is 14.4. The van der Waals surface area contributed by atoms with Crippen molar-refractivity contribution in [2.24, 2.45) is 0 Å². The molecule has 0 fully saturated rings. The molecule has 1 N–H and O–H groups in total. The highest BCUT2D eigenvalue weighted by molar-refractivity contribution is 9.10. The largest absolute Gasteiger partial charge is 0.439 e. The van der Waals surface area contributed by atoms with Crippen molar-refractivity contribution < 1.29 is 4.74 Å². The predicted octanol–water partition coefficient (Wildman–Crippen LogP) is 4.31. The number of hydrogen-bond acceptors (Lipinski definition) is 3. The third-order valence-electron chi connectivity index (χ3n) is 2.89. The molecule has 1 aromatic carbocycles. The lowest BCUT2D eigenvalue weighted by Crippen LogP contribution is -2.12. The molecule has 0 spiro atoms.